The molecule has 17 heavy (non-hydrogen) atoms. The van der Waals surface area contributed by atoms with Crippen molar-refractivity contribution in [3.05, 3.63) is 23.8 Å². The van der Waals surface area contributed by atoms with Crippen molar-refractivity contribution in [1.82, 2.24) is 0 Å². The first kappa shape index (κ1) is 11.7. The molecule has 1 heterocycles. The summed E-state index contributed by atoms with van der Waals surface area (Å²) in [5.41, 5.74) is 6.73. The first-order chi connectivity index (χ1) is 8.22. The van der Waals surface area contributed by atoms with Gasteiger partial charge >= 0.3 is 5.97 Å². The molecule has 0 aliphatic carbocycles. The van der Waals surface area contributed by atoms with Gasteiger partial charge in [-0.2, -0.15) is 0 Å². The van der Waals surface area contributed by atoms with Crippen LogP contribution in [-0.2, 0) is 9.53 Å². The van der Waals surface area contributed by atoms with E-state index in [1.54, 1.807) is 6.92 Å². The minimum atomic E-state index is -0.439. The number of benzene rings is 1. The summed E-state index contributed by atoms with van der Waals surface area (Å²) in [6.07, 6.45) is 0.133. The van der Waals surface area contributed by atoms with Gasteiger partial charge in [-0.15, -0.1) is 0 Å². The van der Waals surface area contributed by atoms with Gasteiger partial charge in [0.1, 0.15) is 0 Å². The summed E-state index contributed by atoms with van der Waals surface area (Å²) >= 11 is 0. The fourth-order valence-corrected chi connectivity index (χ4v) is 1.75. The van der Waals surface area contributed by atoms with Crippen molar-refractivity contribution in [1.29, 1.82) is 0 Å². The number of para-hydroxylation sites is 1. The number of hydrogen-bond acceptors (Lipinski definition) is 5. The Balaban J connectivity index is 2.12. The molecule has 1 aromatic rings. The number of carbonyl (C=O) groups excluding carboxylic acids is 1. The average Bonchev–Trinajstić information content (AvgIpc) is 2.76. The van der Waals surface area contributed by atoms with Crippen molar-refractivity contribution in [3.63, 3.8) is 0 Å². The van der Waals surface area contributed by atoms with E-state index < -0.39 is 6.04 Å². The molecule has 92 valence electrons. The molecule has 1 aliphatic heterocycles. The third-order valence-corrected chi connectivity index (χ3v) is 2.52. The molecule has 0 fully saturated rings. The second kappa shape index (κ2) is 5.05. The smallest absolute Gasteiger partial charge is 0.307 e. The van der Waals surface area contributed by atoms with Gasteiger partial charge in [0.2, 0.25) is 6.79 Å². The molecule has 0 unspecified atom stereocenters. The molecule has 2 rings (SSSR count). The molecule has 1 atom stereocenters. The van der Waals surface area contributed by atoms with Crippen LogP contribution in [0.4, 0.5) is 0 Å². The van der Waals surface area contributed by atoms with Gasteiger partial charge in [0.25, 0.3) is 0 Å². The van der Waals surface area contributed by atoms with Gasteiger partial charge < -0.3 is 19.9 Å². The van der Waals surface area contributed by atoms with Crippen LogP contribution in [0.1, 0.15) is 24.9 Å². The van der Waals surface area contributed by atoms with Gasteiger partial charge in [-0.3, -0.25) is 4.79 Å². The highest BCUT2D eigenvalue weighted by molar-refractivity contribution is 5.70. The normalized spacial score (nSPS) is 14.5. The molecule has 1 aromatic carbocycles. The molecule has 5 heteroatoms. The first-order valence-corrected chi connectivity index (χ1v) is 5.52. The Morgan fingerprint density at radius 3 is 3.12 bits per heavy atom. The topological polar surface area (TPSA) is 70.8 Å². The SMILES string of the molecule is CCOC(=O)C[C@@H](N)c1cccc2c1OCO2. The maximum Gasteiger partial charge on any atom is 0.307 e. The predicted octanol–water partition coefficient (Wildman–Crippen LogP) is 1.37. The summed E-state index contributed by atoms with van der Waals surface area (Å²) in [7, 11) is 0. The minimum absolute atomic E-state index is 0.133. The van der Waals surface area contributed by atoms with Crippen LogP contribution in [0.15, 0.2) is 18.2 Å². The summed E-state index contributed by atoms with van der Waals surface area (Å²) < 4.78 is 15.4. The largest absolute Gasteiger partial charge is 0.466 e. The molecule has 0 aromatic heterocycles. The molecule has 0 bridgehead atoms. The Hall–Kier alpha value is -1.75. The number of esters is 1. The molecule has 2 N–H and O–H groups in total. The molecule has 5 nitrogen and oxygen atoms in total. The second-order valence-electron chi connectivity index (χ2n) is 3.70. The fraction of sp³-hybridized carbons (Fsp3) is 0.417. The van der Waals surface area contributed by atoms with E-state index in [-0.39, 0.29) is 19.2 Å². The van der Waals surface area contributed by atoms with Gasteiger partial charge in [-0.25, -0.2) is 0 Å². The van der Waals surface area contributed by atoms with Crippen molar-refractivity contribution in [2.24, 2.45) is 5.73 Å². The van der Waals surface area contributed by atoms with E-state index in [9.17, 15) is 4.79 Å². The summed E-state index contributed by atoms with van der Waals surface area (Å²) in [5.74, 6) is 0.989. The number of carbonyl (C=O) groups is 1. The van der Waals surface area contributed by atoms with Gasteiger partial charge in [-0.1, -0.05) is 12.1 Å². The van der Waals surface area contributed by atoms with Crippen molar-refractivity contribution in [3.8, 4) is 11.5 Å². The summed E-state index contributed by atoms with van der Waals surface area (Å²) in [6.45, 7) is 2.32. The number of nitrogens with two attached hydrogens (primary N) is 1. The van der Waals surface area contributed by atoms with Gasteiger partial charge in [-0.05, 0) is 13.0 Å². The van der Waals surface area contributed by atoms with Crippen LogP contribution in [0.2, 0.25) is 0 Å². The van der Waals surface area contributed by atoms with E-state index in [0.717, 1.165) is 5.56 Å². The first-order valence-electron chi connectivity index (χ1n) is 5.52. The Bertz CT molecular complexity index is 419. The Morgan fingerprint density at radius 1 is 1.53 bits per heavy atom. The van der Waals surface area contributed by atoms with Gasteiger partial charge in [0.05, 0.1) is 13.0 Å². The minimum Gasteiger partial charge on any atom is -0.466 e. The number of fused-ring (bicyclic) bond motifs is 1. The van der Waals surface area contributed by atoms with Crippen LogP contribution >= 0.6 is 0 Å². The molecule has 0 saturated carbocycles. The molecule has 0 saturated heterocycles. The lowest BCUT2D eigenvalue weighted by molar-refractivity contribution is -0.143. The maximum absolute atomic E-state index is 11.4. The van der Waals surface area contributed by atoms with Gasteiger partial charge in [0.15, 0.2) is 11.5 Å². The average molecular weight is 237 g/mol. The number of ether oxygens (including phenoxy) is 3. The standard InChI is InChI=1S/C12H15NO4/c1-2-15-11(14)6-9(13)8-4-3-5-10-12(8)17-7-16-10/h3-5,9H,2,6-7,13H2,1H3/t9-/m1/s1. The lowest BCUT2D eigenvalue weighted by atomic mass is 10.0. The zero-order valence-electron chi connectivity index (χ0n) is 9.64. The summed E-state index contributed by atoms with van der Waals surface area (Å²) in [6, 6.07) is 5.03. The molecular weight excluding hydrogens is 222 g/mol. The van der Waals surface area contributed by atoms with Crippen molar-refractivity contribution in [2.45, 2.75) is 19.4 Å². The highest BCUT2D eigenvalue weighted by Crippen LogP contribution is 2.38. The summed E-state index contributed by atoms with van der Waals surface area (Å²) in [5, 5.41) is 0. The third kappa shape index (κ3) is 2.50. The van der Waals surface area contributed by atoms with Gasteiger partial charge in [0, 0.05) is 11.6 Å². The maximum atomic E-state index is 11.4. The molecule has 0 amide bonds. The van der Waals surface area contributed by atoms with E-state index >= 15 is 0 Å². The Kier molecular flexibility index (Phi) is 3.49. The molecule has 0 spiro atoms. The fourth-order valence-electron chi connectivity index (χ4n) is 1.75. The van der Waals surface area contributed by atoms with E-state index in [2.05, 4.69) is 0 Å². The lowest BCUT2D eigenvalue weighted by Gasteiger charge is -2.13. The van der Waals surface area contributed by atoms with Crippen LogP contribution in [0.5, 0.6) is 11.5 Å². The van der Waals surface area contributed by atoms with Crippen LogP contribution < -0.4 is 15.2 Å². The third-order valence-electron chi connectivity index (χ3n) is 2.52. The van der Waals surface area contributed by atoms with Crippen molar-refractivity contribution < 1.29 is 19.0 Å². The monoisotopic (exact) mass is 237 g/mol. The quantitative estimate of drug-likeness (QED) is 0.801. The van der Waals surface area contributed by atoms with Crippen LogP contribution in [0.25, 0.3) is 0 Å². The van der Waals surface area contributed by atoms with Crippen molar-refractivity contribution in [2.75, 3.05) is 13.4 Å². The van der Waals surface area contributed by atoms with E-state index in [1.807, 2.05) is 18.2 Å². The number of hydrogen-bond donors (Lipinski definition) is 1. The molecule has 0 radical (unpaired) electrons. The molecule has 1 aliphatic rings. The highest BCUT2D eigenvalue weighted by atomic mass is 16.7. The lowest BCUT2D eigenvalue weighted by Crippen LogP contribution is -2.17. The highest BCUT2D eigenvalue weighted by Gasteiger charge is 2.22. The molecular formula is C12H15NO4. The Morgan fingerprint density at radius 2 is 2.35 bits per heavy atom. The Labute approximate surface area is 99.5 Å². The number of rotatable bonds is 4. The summed E-state index contributed by atoms with van der Waals surface area (Å²) in [4.78, 5) is 11.4. The second-order valence-corrected chi connectivity index (χ2v) is 3.70. The zero-order valence-corrected chi connectivity index (χ0v) is 9.64. The zero-order chi connectivity index (χ0) is 12.3. The van der Waals surface area contributed by atoms with Crippen molar-refractivity contribution >= 4 is 5.97 Å². The van der Waals surface area contributed by atoms with E-state index in [4.69, 9.17) is 19.9 Å². The van der Waals surface area contributed by atoms with Crippen LogP contribution in [0, 0.1) is 0 Å². The predicted molar refractivity (Wildman–Crippen MR) is 60.7 cm³/mol. The van der Waals surface area contributed by atoms with E-state index in [1.165, 1.54) is 0 Å². The van der Waals surface area contributed by atoms with Crippen LogP contribution in [0.3, 0.4) is 0 Å². The van der Waals surface area contributed by atoms with Crippen LogP contribution in [-0.4, -0.2) is 19.4 Å². The van der Waals surface area contributed by atoms with E-state index in [0.29, 0.717) is 18.1 Å².